The van der Waals surface area contributed by atoms with E-state index in [-0.39, 0.29) is 22.7 Å². The molecule has 2 amide bonds. The molecule has 0 bridgehead atoms. The second kappa shape index (κ2) is 11.5. The van der Waals surface area contributed by atoms with Crippen molar-refractivity contribution in [2.45, 2.75) is 30.2 Å². The van der Waals surface area contributed by atoms with Gasteiger partial charge in [0.25, 0.3) is 0 Å². The maximum Gasteiger partial charge on any atom is 0.319 e. The number of morpholine rings is 1. The monoisotopic (exact) mass is 493 g/mol. The molecular formula is C27H31N3O4S. The third-order valence-corrected chi connectivity index (χ3v) is 7.71. The lowest BCUT2D eigenvalue weighted by Gasteiger charge is -2.26. The summed E-state index contributed by atoms with van der Waals surface area (Å²) in [6.45, 7) is 6.07. The molecule has 0 spiro atoms. The maximum atomic E-state index is 12.9. The first-order valence-electron chi connectivity index (χ1n) is 11.7. The number of hydrogen-bond acceptors (Lipinski definition) is 5. The van der Waals surface area contributed by atoms with E-state index in [2.05, 4.69) is 15.5 Å². The zero-order chi connectivity index (χ0) is 24.7. The summed E-state index contributed by atoms with van der Waals surface area (Å²) in [4.78, 5) is 14.9. The molecule has 1 saturated heterocycles. The quantitative estimate of drug-likeness (QED) is 0.486. The second-order valence-electron chi connectivity index (χ2n) is 8.72. The van der Waals surface area contributed by atoms with Crippen LogP contribution in [0.2, 0.25) is 0 Å². The van der Waals surface area contributed by atoms with Crippen LogP contribution in [0.15, 0.2) is 83.8 Å². The Morgan fingerprint density at radius 3 is 2.20 bits per heavy atom. The fourth-order valence-corrected chi connectivity index (χ4v) is 5.34. The number of nitrogens with zero attached hydrogens (tertiary/aromatic N) is 1. The van der Waals surface area contributed by atoms with E-state index in [9.17, 15) is 13.2 Å². The molecule has 1 heterocycles. The molecule has 3 aromatic rings. The lowest BCUT2D eigenvalue weighted by atomic mass is 10.1. The smallest absolute Gasteiger partial charge is 0.319 e. The number of carbonyl (C=O) groups excluding carboxylic acids is 1. The molecule has 184 valence electrons. The topological polar surface area (TPSA) is 87.7 Å². The minimum atomic E-state index is -3.51. The van der Waals surface area contributed by atoms with Gasteiger partial charge < -0.3 is 15.4 Å². The summed E-state index contributed by atoms with van der Waals surface area (Å²) in [6, 6.07) is 23.1. The molecule has 0 saturated carbocycles. The van der Waals surface area contributed by atoms with Gasteiger partial charge in [0, 0.05) is 25.3 Å². The summed E-state index contributed by atoms with van der Waals surface area (Å²) in [5.74, 6) is -0.0767. The summed E-state index contributed by atoms with van der Waals surface area (Å²) in [5.41, 5.74) is 3.42. The Morgan fingerprint density at radius 1 is 0.914 bits per heavy atom. The number of carbonyl (C=O) groups is 1. The maximum absolute atomic E-state index is 12.9. The summed E-state index contributed by atoms with van der Waals surface area (Å²) in [7, 11) is -3.51. The van der Waals surface area contributed by atoms with Crippen LogP contribution in [0.4, 0.5) is 10.5 Å². The number of urea groups is 1. The van der Waals surface area contributed by atoms with E-state index < -0.39 is 9.84 Å². The average molecular weight is 494 g/mol. The van der Waals surface area contributed by atoms with Gasteiger partial charge >= 0.3 is 6.03 Å². The first-order chi connectivity index (χ1) is 16.9. The molecule has 3 aromatic carbocycles. The van der Waals surface area contributed by atoms with Crippen LogP contribution in [-0.2, 0) is 26.9 Å². The molecule has 2 N–H and O–H groups in total. The average Bonchev–Trinajstić information content (AvgIpc) is 2.86. The van der Waals surface area contributed by atoms with Crippen LogP contribution < -0.4 is 10.6 Å². The van der Waals surface area contributed by atoms with Crippen LogP contribution in [-0.4, -0.2) is 45.7 Å². The number of sulfone groups is 1. The SMILES string of the molecule is CC(NC(=O)Nc1ccc(S(=O)(=O)Cc2ccc(CN3CCOCC3)cc2)cc1)c1ccccc1. The van der Waals surface area contributed by atoms with Crippen LogP contribution in [0, 0.1) is 0 Å². The van der Waals surface area contributed by atoms with Crippen molar-refractivity contribution in [3.63, 3.8) is 0 Å². The molecule has 0 aliphatic carbocycles. The van der Waals surface area contributed by atoms with Crippen LogP contribution in [0.25, 0.3) is 0 Å². The van der Waals surface area contributed by atoms with Crippen LogP contribution in [0.5, 0.6) is 0 Å². The first-order valence-corrected chi connectivity index (χ1v) is 13.4. The highest BCUT2D eigenvalue weighted by atomic mass is 32.2. The zero-order valence-corrected chi connectivity index (χ0v) is 20.6. The first kappa shape index (κ1) is 24.9. The van der Waals surface area contributed by atoms with Crippen LogP contribution >= 0.6 is 0 Å². The molecule has 0 aromatic heterocycles. The van der Waals surface area contributed by atoms with Crippen LogP contribution in [0.1, 0.15) is 29.7 Å². The Hall–Kier alpha value is -3.20. The van der Waals surface area contributed by atoms with Gasteiger partial charge in [-0.15, -0.1) is 0 Å². The normalized spacial score (nSPS) is 15.3. The standard InChI is InChI=1S/C27H31N3O4S/c1-21(24-5-3-2-4-6-24)28-27(31)29-25-11-13-26(14-12-25)35(32,33)20-23-9-7-22(8-10-23)19-30-15-17-34-18-16-30/h2-14,21H,15-20H2,1H3,(H2,28,29,31). The van der Waals surface area contributed by atoms with Gasteiger partial charge in [0.15, 0.2) is 9.84 Å². The lowest BCUT2D eigenvalue weighted by Crippen LogP contribution is -2.35. The Kier molecular flexibility index (Phi) is 8.17. The van der Waals surface area contributed by atoms with Crippen molar-refractivity contribution in [1.82, 2.24) is 10.2 Å². The fourth-order valence-electron chi connectivity index (χ4n) is 4.00. The molecule has 4 rings (SSSR count). The number of hydrogen-bond donors (Lipinski definition) is 2. The minimum absolute atomic E-state index is 0.0767. The number of nitrogens with one attached hydrogen (secondary N) is 2. The Labute approximate surface area is 207 Å². The second-order valence-corrected chi connectivity index (χ2v) is 10.7. The van der Waals surface area contributed by atoms with Crippen molar-refractivity contribution in [2.75, 3.05) is 31.6 Å². The van der Waals surface area contributed by atoms with Gasteiger partial charge in [-0.05, 0) is 47.9 Å². The number of ether oxygens (including phenoxy) is 1. The summed E-state index contributed by atoms with van der Waals surface area (Å²) >= 11 is 0. The minimum Gasteiger partial charge on any atom is -0.379 e. The molecule has 8 heteroatoms. The number of benzene rings is 3. The van der Waals surface area contributed by atoms with Gasteiger partial charge in [-0.2, -0.15) is 0 Å². The molecule has 35 heavy (non-hydrogen) atoms. The molecule has 1 aliphatic rings. The van der Waals surface area contributed by atoms with Crippen molar-refractivity contribution >= 4 is 21.6 Å². The highest BCUT2D eigenvalue weighted by Crippen LogP contribution is 2.20. The summed E-state index contributed by atoms with van der Waals surface area (Å²) in [5, 5.41) is 5.63. The largest absolute Gasteiger partial charge is 0.379 e. The number of amides is 2. The van der Waals surface area contributed by atoms with Crippen molar-refractivity contribution in [1.29, 1.82) is 0 Å². The Balaban J connectivity index is 1.31. The van der Waals surface area contributed by atoms with E-state index >= 15 is 0 Å². The van der Waals surface area contributed by atoms with Gasteiger partial charge in [-0.1, -0.05) is 54.6 Å². The summed E-state index contributed by atoms with van der Waals surface area (Å²) in [6.07, 6.45) is 0. The molecule has 1 atom stereocenters. The Morgan fingerprint density at radius 2 is 1.54 bits per heavy atom. The molecular weight excluding hydrogens is 462 g/mol. The molecule has 0 radical (unpaired) electrons. The van der Waals surface area contributed by atoms with Gasteiger partial charge in [0.1, 0.15) is 0 Å². The summed E-state index contributed by atoms with van der Waals surface area (Å²) < 4.78 is 31.2. The molecule has 7 nitrogen and oxygen atoms in total. The van der Waals surface area contributed by atoms with E-state index in [1.165, 1.54) is 12.1 Å². The van der Waals surface area contributed by atoms with E-state index in [0.29, 0.717) is 5.69 Å². The van der Waals surface area contributed by atoms with Gasteiger partial charge in [0.2, 0.25) is 0 Å². The lowest BCUT2D eigenvalue weighted by molar-refractivity contribution is 0.0342. The van der Waals surface area contributed by atoms with Gasteiger partial charge in [-0.3, -0.25) is 4.90 Å². The predicted molar refractivity (Wildman–Crippen MR) is 137 cm³/mol. The van der Waals surface area contributed by atoms with Gasteiger partial charge in [0.05, 0.1) is 29.9 Å². The highest BCUT2D eigenvalue weighted by Gasteiger charge is 2.17. The van der Waals surface area contributed by atoms with E-state index in [0.717, 1.165) is 49.5 Å². The third kappa shape index (κ3) is 7.14. The molecule has 1 unspecified atom stereocenters. The fraction of sp³-hybridized carbons (Fsp3) is 0.296. The van der Waals surface area contributed by atoms with Crippen molar-refractivity contribution < 1.29 is 17.9 Å². The van der Waals surface area contributed by atoms with Crippen molar-refractivity contribution in [2.24, 2.45) is 0 Å². The zero-order valence-electron chi connectivity index (χ0n) is 19.8. The highest BCUT2D eigenvalue weighted by molar-refractivity contribution is 7.90. The molecule has 1 aliphatic heterocycles. The van der Waals surface area contributed by atoms with Crippen LogP contribution in [0.3, 0.4) is 0 Å². The molecule has 1 fully saturated rings. The predicted octanol–water partition coefficient (Wildman–Crippen LogP) is 4.38. The van der Waals surface area contributed by atoms with E-state index in [1.54, 1.807) is 12.1 Å². The Bertz CT molecular complexity index is 1210. The van der Waals surface area contributed by atoms with E-state index in [4.69, 9.17) is 4.74 Å². The van der Waals surface area contributed by atoms with Gasteiger partial charge in [-0.25, -0.2) is 13.2 Å². The number of rotatable bonds is 8. The number of anilines is 1. The van der Waals surface area contributed by atoms with Crippen molar-refractivity contribution in [3.05, 3.63) is 95.6 Å². The van der Waals surface area contributed by atoms with E-state index in [1.807, 2.05) is 61.5 Å². The third-order valence-electron chi connectivity index (χ3n) is 6.01. The van der Waals surface area contributed by atoms with Crippen molar-refractivity contribution in [3.8, 4) is 0 Å².